The number of β-amino-alcohol motifs (C(OH)–C–C–N with tert-alkyl or cyclic N) is 1. The van der Waals surface area contributed by atoms with Gasteiger partial charge in [-0.1, -0.05) is 23.7 Å². The highest BCUT2D eigenvalue weighted by Gasteiger charge is 2.23. The van der Waals surface area contributed by atoms with E-state index in [1.54, 1.807) is 37.5 Å². The SMILES string of the molecule is Cc1c(COc2cc(OCc3cncc(C#N)c3)c(CNC(C)(CO)CO)cc2Cl)cncc1-c1cccc(OCCCN2CCC(O)C2)c1C. The van der Waals surface area contributed by atoms with Crippen molar-refractivity contribution in [1.82, 2.24) is 20.2 Å². The van der Waals surface area contributed by atoms with E-state index < -0.39 is 5.54 Å². The Bertz CT molecular complexity index is 1830. The number of nitriles is 1. The summed E-state index contributed by atoms with van der Waals surface area (Å²) in [6, 6.07) is 13.3. The Balaban J connectivity index is 1.31. The lowest BCUT2D eigenvalue weighted by Crippen LogP contribution is -2.48. The molecule has 2 aromatic heterocycles. The third kappa shape index (κ3) is 9.95. The molecule has 1 unspecified atom stereocenters. The van der Waals surface area contributed by atoms with Crippen LogP contribution in [0.25, 0.3) is 11.1 Å². The standard InChI is InChI=1S/C39H46ClN5O6/c1-26-31(18-43-20-34(26)33-6-4-7-36(27(33)2)49-11-5-9-45-10-8-32(48)21-45)23-51-38-14-37(50-22-29-12-28(15-41)16-42-17-29)30(13-35(38)40)19-44-39(3,24-46)25-47/h4,6-7,12-14,16-18,20,32,44,46-48H,5,8-11,19,21-25H2,1-3H3. The van der Waals surface area contributed by atoms with Gasteiger partial charge in [0, 0.05) is 79.3 Å². The summed E-state index contributed by atoms with van der Waals surface area (Å²) in [5, 5.41) is 42.2. The van der Waals surface area contributed by atoms with Crippen LogP contribution in [0, 0.1) is 25.2 Å². The van der Waals surface area contributed by atoms with Gasteiger partial charge >= 0.3 is 0 Å². The summed E-state index contributed by atoms with van der Waals surface area (Å²) in [5.41, 5.74) is 5.85. The first kappa shape index (κ1) is 38.0. The van der Waals surface area contributed by atoms with Crippen LogP contribution in [0.5, 0.6) is 17.2 Å². The van der Waals surface area contributed by atoms with E-state index >= 15 is 0 Å². The average molecular weight is 716 g/mol. The van der Waals surface area contributed by atoms with E-state index in [1.807, 2.05) is 25.3 Å². The normalized spacial score (nSPS) is 14.7. The number of ether oxygens (including phenoxy) is 3. The number of rotatable bonds is 17. The number of aromatic nitrogens is 2. The average Bonchev–Trinajstić information content (AvgIpc) is 3.57. The highest BCUT2D eigenvalue weighted by Crippen LogP contribution is 2.36. The van der Waals surface area contributed by atoms with Gasteiger partial charge in [-0.2, -0.15) is 5.26 Å². The summed E-state index contributed by atoms with van der Waals surface area (Å²) in [6.45, 7) is 9.02. The van der Waals surface area contributed by atoms with Crippen LogP contribution < -0.4 is 19.5 Å². The highest BCUT2D eigenvalue weighted by molar-refractivity contribution is 6.32. The van der Waals surface area contributed by atoms with Gasteiger partial charge in [0.05, 0.1) is 42.0 Å². The summed E-state index contributed by atoms with van der Waals surface area (Å²) >= 11 is 6.75. The van der Waals surface area contributed by atoms with E-state index in [9.17, 15) is 20.6 Å². The van der Waals surface area contributed by atoms with E-state index in [4.69, 9.17) is 25.8 Å². The van der Waals surface area contributed by atoms with E-state index in [2.05, 4.69) is 39.2 Å². The van der Waals surface area contributed by atoms with Crippen molar-refractivity contribution in [3.63, 3.8) is 0 Å². The van der Waals surface area contributed by atoms with E-state index in [-0.39, 0.29) is 39.1 Å². The Labute approximate surface area is 304 Å². The Hall–Kier alpha value is -4.28. The Kier molecular flexibility index (Phi) is 13.2. The van der Waals surface area contributed by atoms with Crippen LogP contribution in [-0.2, 0) is 19.8 Å². The van der Waals surface area contributed by atoms with Crippen LogP contribution in [0.15, 0.2) is 61.2 Å². The zero-order valence-corrected chi connectivity index (χ0v) is 30.1. The zero-order valence-electron chi connectivity index (χ0n) is 29.4. The molecule has 5 rings (SSSR count). The number of benzene rings is 2. The van der Waals surface area contributed by atoms with Crippen molar-refractivity contribution >= 4 is 11.6 Å². The number of pyridine rings is 2. The van der Waals surface area contributed by atoms with Gasteiger partial charge in [0.2, 0.25) is 0 Å². The molecule has 11 nitrogen and oxygen atoms in total. The minimum Gasteiger partial charge on any atom is -0.493 e. The molecule has 0 radical (unpaired) electrons. The molecule has 1 aliphatic rings. The molecule has 0 bridgehead atoms. The third-order valence-corrected chi connectivity index (χ3v) is 9.53. The second kappa shape index (κ2) is 17.8. The zero-order chi connectivity index (χ0) is 36.4. The van der Waals surface area contributed by atoms with Crippen molar-refractivity contribution in [3.05, 3.63) is 99.6 Å². The second-order valence-corrected chi connectivity index (χ2v) is 13.6. The molecule has 1 atom stereocenters. The number of aliphatic hydroxyl groups is 3. The summed E-state index contributed by atoms with van der Waals surface area (Å²) < 4.78 is 18.7. The van der Waals surface area contributed by atoms with Gasteiger partial charge in [-0.25, -0.2) is 0 Å². The number of aliphatic hydroxyl groups excluding tert-OH is 3. The fourth-order valence-corrected chi connectivity index (χ4v) is 6.15. The number of hydrogen-bond donors (Lipinski definition) is 4. The first-order valence-electron chi connectivity index (χ1n) is 17.1. The van der Waals surface area contributed by atoms with Crippen LogP contribution >= 0.6 is 11.6 Å². The number of hydrogen-bond acceptors (Lipinski definition) is 11. The molecule has 12 heteroatoms. The lowest BCUT2D eigenvalue weighted by Gasteiger charge is -2.27. The molecule has 0 aliphatic carbocycles. The van der Waals surface area contributed by atoms with Gasteiger partial charge in [-0.3, -0.25) is 9.97 Å². The van der Waals surface area contributed by atoms with Gasteiger partial charge in [-0.05, 0) is 68.5 Å². The van der Waals surface area contributed by atoms with E-state index in [0.29, 0.717) is 39.8 Å². The Morgan fingerprint density at radius 3 is 2.47 bits per heavy atom. The summed E-state index contributed by atoms with van der Waals surface area (Å²) in [7, 11) is 0. The molecule has 0 spiro atoms. The summed E-state index contributed by atoms with van der Waals surface area (Å²) in [5.74, 6) is 1.72. The van der Waals surface area contributed by atoms with Gasteiger partial charge in [-0.15, -0.1) is 0 Å². The van der Waals surface area contributed by atoms with Gasteiger partial charge < -0.3 is 39.7 Å². The molecule has 1 fully saturated rings. The fourth-order valence-electron chi connectivity index (χ4n) is 5.91. The predicted molar refractivity (Wildman–Crippen MR) is 195 cm³/mol. The monoisotopic (exact) mass is 715 g/mol. The molecule has 0 amide bonds. The second-order valence-electron chi connectivity index (χ2n) is 13.2. The quantitative estimate of drug-likeness (QED) is 0.108. The van der Waals surface area contributed by atoms with Crippen molar-refractivity contribution in [2.45, 2.75) is 65.0 Å². The smallest absolute Gasteiger partial charge is 0.142 e. The Morgan fingerprint density at radius 2 is 1.73 bits per heavy atom. The van der Waals surface area contributed by atoms with Gasteiger partial charge in [0.1, 0.15) is 36.5 Å². The minimum atomic E-state index is -0.915. The molecule has 1 saturated heterocycles. The first-order valence-corrected chi connectivity index (χ1v) is 17.5. The summed E-state index contributed by atoms with van der Waals surface area (Å²) in [4.78, 5) is 10.9. The number of likely N-dealkylation sites (tertiary alicyclic amines) is 1. The maximum Gasteiger partial charge on any atom is 0.142 e. The predicted octanol–water partition coefficient (Wildman–Crippen LogP) is 5.11. The van der Waals surface area contributed by atoms with Crippen LogP contribution in [0.4, 0.5) is 0 Å². The molecule has 0 saturated carbocycles. The molecule has 4 aromatic rings. The number of nitrogens with zero attached hydrogens (tertiary/aromatic N) is 4. The van der Waals surface area contributed by atoms with Crippen molar-refractivity contribution < 1.29 is 29.5 Å². The first-order chi connectivity index (χ1) is 24.6. The molecule has 4 N–H and O–H groups in total. The highest BCUT2D eigenvalue weighted by atomic mass is 35.5. The van der Waals surface area contributed by atoms with Crippen LogP contribution in [0.2, 0.25) is 5.02 Å². The molecule has 270 valence electrons. The molecular formula is C39H46ClN5O6. The maximum atomic E-state index is 9.79. The molecule has 3 heterocycles. The van der Waals surface area contributed by atoms with Crippen molar-refractivity contribution in [2.75, 3.05) is 39.5 Å². The van der Waals surface area contributed by atoms with Crippen LogP contribution in [-0.4, -0.2) is 81.3 Å². The fraction of sp³-hybridized carbons (Fsp3) is 0.410. The minimum absolute atomic E-state index is 0.143. The molecule has 1 aliphatic heterocycles. The van der Waals surface area contributed by atoms with Gasteiger partial charge in [0.15, 0.2) is 0 Å². The van der Waals surface area contributed by atoms with E-state index in [1.165, 1.54) is 6.20 Å². The van der Waals surface area contributed by atoms with Crippen molar-refractivity contribution in [1.29, 1.82) is 5.26 Å². The maximum absolute atomic E-state index is 9.79. The third-order valence-electron chi connectivity index (χ3n) is 9.24. The van der Waals surface area contributed by atoms with Crippen molar-refractivity contribution in [2.24, 2.45) is 0 Å². The number of nitrogens with one attached hydrogen (secondary N) is 1. The largest absolute Gasteiger partial charge is 0.493 e. The lowest BCUT2D eigenvalue weighted by atomic mass is 9.95. The topological polar surface area (TPSA) is 153 Å². The molecule has 51 heavy (non-hydrogen) atoms. The van der Waals surface area contributed by atoms with Gasteiger partial charge in [0.25, 0.3) is 0 Å². The molecule has 2 aromatic carbocycles. The van der Waals surface area contributed by atoms with Crippen LogP contribution in [0.1, 0.15) is 53.1 Å². The van der Waals surface area contributed by atoms with E-state index in [0.717, 1.165) is 66.0 Å². The van der Waals surface area contributed by atoms with Crippen molar-refractivity contribution in [3.8, 4) is 34.4 Å². The molecular weight excluding hydrogens is 670 g/mol. The Morgan fingerprint density at radius 1 is 0.941 bits per heavy atom. The van der Waals surface area contributed by atoms with Crippen LogP contribution in [0.3, 0.4) is 0 Å². The number of halogens is 1. The summed E-state index contributed by atoms with van der Waals surface area (Å²) in [6.07, 6.45) is 8.26. The lowest BCUT2D eigenvalue weighted by molar-refractivity contribution is 0.103.